The Balaban J connectivity index is 1.22. The number of amides is 2. The van der Waals surface area contributed by atoms with Crippen LogP contribution in [0.25, 0.3) is 0 Å². The number of benzene rings is 2. The van der Waals surface area contributed by atoms with Crippen molar-refractivity contribution in [3.63, 3.8) is 0 Å². The molecule has 2 fully saturated rings. The number of halogens is 1. The molecule has 0 unspecified atom stereocenters. The van der Waals surface area contributed by atoms with Gasteiger partial charge in [0.05, 0.1) is 6.61 Å². The number of nitrogens with zero attached hydrogens (tertiary/aromatic N) is 2. The van der Waals surface area contributed by atoms with Gasteiger partial charge in [0, 0.05) is 37.3 Å². The van der Waals surface area contributed by atoms with Gasteiger partial charge < -0.3 is 14.5 Å². The van der Waals surface area contributed by atoms with Crippen LogP contribution in [0.15, 0.2) is 48.5 Å². The molecule has 0 bridgehead atoms. The Kier molecular flexibility index (Phi) is 7.08. The number of carbonyl (C=O) groups excluding carboxylic acids is 2. The van der Waals surface area contributed by atoms with Crippen LogP contribution in [-0.2, 0) is 0 Å². The lowest BCUT2D eigenvalue weighted by molar-refractivity contribution is 0.0658. The van der Waals surface area contributed by atoms with Crippen LogP contribution < -0.4 is 4.74 Å². The van der Waals surface area contributed by atoms with Gasteiger partial charge in [0.15, 0.2) is 0 Å². The third-order valence-corrected chi connectivity index (χ3v) is 6.63. The number of hydrogen-bond donors (Lipinski definition) is 0. The standard InChI is InChI=1S/C26H31FN2O3/c1-19-9-13-28(14-10-19)25(30)21-5-7-24(8-6-21)32-18-20-11-15-29(16-12-20)26(31)22-3-2-4-23(27)17-22/h2-8,17,19-20H,9-16,18H2,1H3. The third kappa shape index (κ3) is 5.47. The van der Waals surface area contributed by atoms with Crippen LogP contribution in [0, 0.1) is 17.7 Å². The molecule has 2 aliphatic rings. The molecule has 2 saturated heterocycles. The summed E-state index contributed by atoms with van der Waals surface area (Å²) in [5, 5.41) is 0. The average molecular weight is 439 g/mol. The molecule has 2 heterocycles. The second-order valence-corrected chi connectivity index (χ2v) is 9.06. The molecule has 2 aliphatic heterocycles. The Morgan fingerprint density at radius 1 is 0.875 bits per heavy atom. The number of rotatable bonds is 5. The maximum absolute atomic E-state index is 13.4. The van der Waals surface area contributed by atoms with Crippen LogP contribution in [0.4, 0.5) is 4.39 Å². The molecule has 2 amide bonds. The summed E-state index contributed by atoms with van der Waals surface area (Å²) in [6.45, 7) is 5.77. The van der Waals surface area contributed by atoms with Gasteiger partial charge in [-0.05, 0) is 80.0 Å². The molecule has 32 heavy (non-hydrogen) atoms. The van der Waals surface area contributed by atoms with Crippen molar-refractivity contribution in [3.05, 3.63) is 65.5 Å². The van der Waals surface area contributed by atoms with Crippen molar-refractivity contribution in [1.82, 2.24) is 9.80 Å². The van der Waals surface area contributed by atoms with Crippen LogP contribution >= 0.6 is 0 Å². The van der Waals surface area contributed by atoms with E-state index in [0.29, 0.717) is 42.7 Å². The normalized spacial score (nSPS) is 17.9. The van der Waals surface area contributed by atoms with Crippen LogP contribution in [0.2, 0.25) is 0 Å². The van der Waals surface area contributed by atoms with Gasteiger partial charge in [0.25, 0.3) is 11.8 Å². The van der Waals surface area contributed by atoms with Gasteiger partial charge in [0.1, 0.15) is 11.6 Å². The fourth-order valence-electron chi connectivity index (χ4n) is 4.41. The lowest BCUT2D eigenvalue weighted by Crippen LogP contribution is -2.39. The molecule has 0 radical (unpaired) electrons. The maximum atomic E-state index is 13.4. The first-order chi connectivity index (χ1) is 15.5. The Hall–Kier alpha value is -2.89. The average Bonchev–Trinajstić information content (AvgIpc) is 2.83. The van der Waals surface area contributed by atoms with Crippen molar-refractivity contribution >= 4 is 11.8 Å². The van der Waals surface area contributed by atoms with Gasteiger partial charge in [-0.1, -0.05) is 13.0 Å². The SMILES string of the molecule is CC1CCN(C(=O)c2ccc(OCC3CCN(C(=O)c4cccc(F)c4)CC3)cc2)CC1. The summed E-state index contributed by atoms with van der Waals surface area (Å²) in [5.74, 6) is 1.40. The lowest BCUT2D eigenvalue weighted by Gasteiger charge is -2.32. The van der Waals surface area contributed by atoms with E-state index in [1.54, 1.807) is 17.0 Å². The van der Waals surface area contributed by atoms with Crippen LogP contribution in [0.1, 0.15) is 53.3 Å². The van der Waals surface area contributed by atoms with Gasteiger partial charge in [-0.2, -0.15) is 0 Å². The molecule has 4 rings (SSSR count). The number of piperidine rings is 2. The van der Waals surface area contributed by atoms with Crippen molar-refractivity contribution in [3.8, 4) is 5.75 Å². The summed E-state index contributed by atoms with van der Waals surface area (Å²) in [4.78, 5) is 28.9. The molecule has 6 heteroatoms. The Labute approximate surface area is 189 Å². The minimum Gasteiger partial charge on any atom is -0.493 e. The van der Waals surface area contributed by atoms with Crippen molar-refractivity contribution in [1.29, 1.82) is 0 Å². The van der Waals surface area contributed by atoms with Gasteiger partial charge in [0.2, 0.25) is 0 Å². The number of ether oxygens (including phenoxy) is 1. The van der Waals surface area contributed by atoms with Gasteiger partial charge in [-0.3, -0.25) is 9.59 Å². The van der Waals surface area contributed by atoms with Crippen molar-refractivity contribution in [2.24, 2.45) is 11.8 Å². The zero-order valence-electron chi connectivity index (χ0n) is 18.6. The molecule has 0 saturated carbocycles. The molecule has 5 nitrogen and oxygen atoms in total. The number of likely N-dealkylation sites (tertiary alicyclic amines) is 2. The van der Waals surface area contributed by atoms with E-state index in [9.17, 15) is 14.0 Å². The van der Waals surface area contributed by atoms with E-state index in [1.165, 1.54) is 12.1 Å². The van der Waals surface area contributed by atoms with Crippen molar-refractivity contribution in [2.45, 2.75) is 32.6 Å². The minimum atomic E-state index is -0.391. The largest absolute Gasteiger partial charge is 0.493 e. The predicted molar refractivity (Wildman–Crippen MR) is 121 cm³/mol. The topological polar surface area (TPSA) is 49.9 Å². The highest BCUT2D eigenvalue weighted by molar-refractivity contribution is 5.94. The highest BCUT2D eigenvalue weighted by Crippen LogP contribution is 2.23. The summed E-state index contributed by atoms with van der Waals surface area (Å²) >= 11 is 0. The predicted octanol–water partition coefficient (Wildman–Crippen LogP) is 4.63. The smallest absolute Gasteiger partial charge is 0.253 e. The molecule has 0 atom stereocenters. The number of hydrogen-bond acceptors (Lipinski definition) is 3. The second kappa shape index (κ2) is 10.2. The zero-order valence-corrected chi connectivity index (χ0v) is 18.6. The fourth-order valence-corrected chi connectivity index (χ4v) is 4.41. The van der Waals surface area contributed by atoms with E-state index in [2.05, 4.69) is 6.92 Å². The summed E-state index contributed by atoms with van der Waals surface area (Å²) in [5.41, 5.74) is 1.10. The quantitative estimate of drug-likeness (QED) is 0.684. The van der Waals surface area contributed by atoms with Crippen molar-refractivity contribution < 1.29 is 18.7 Å². The lowest BCUT2D eigenvalue weighted by atomic mass is 9.97. The molecular weight excluding hydrogens is 407 g/mol. The maximum Gasteiger partial charge on any atom is 0.253 e. The van der Waals surface area contributed by atoms with E-state index in [1.807, 2.05) is 29.2 Å². The molecular formula is C26H31FN2O3. The van der Waals surface area contributed by atoms with Crippen molar-refractivity contribution in [2.75, 3.05) is 32.8 Å². The van der Waals surface area contributed by atoms with E-state index >= 15 is 0 Å². The van der Waals surface area contributed by atoms with Gasteiger partial charge >= 0.3 is 0 Å². The first-order valence-electron chi connectivity index (χ1n) is 11.6. The Morgan fingerprint density at radius 3 is 2.09 bits per heavy atom. The fraction of sp³-hybridized carbons (Fsp3) is 0.462. The molecule has 0 aromatic heterocycles. The Bertz CT molecular complexity index is 930. The highest BCUT2D eigenvalue weighted by atomic mass is 19.1. The van der Waals surface area contributed by atoms with E-state index in [4.69, 9.17) is 4.74 Å². The Morgan fingerprint density at radius 2 is 1.47 bits per heavy atom. The van der Waals surface area contributed by atoms with Crippen LogP contribution in [0.3, 0.4) is 0 Å². The first-order valence-corrected chi connectivity index (χ1v) is 11.6. The monoisotopic (exact) mass is 438 g/mol. The van der Waals surface area contributed by atoms with Gasteiger partial charge in [-0.25, -0.2) is 4.39 Å². The molecule has 2 aromatic carbocycles. The minimum absolute atomic E-state index is 0.0961. The first kappa shape index (κ1) is 22.3. The summed E-state index contributed by atoms with van der Waals surface area (Å²) in [6.07, 6.45) is 3.84. The van der Waals surface area contributed by atoms with E-state index in [0.717, 1.165) is 44.5 Å². The second-order valence-electron chi connectivity index (χ2n) is 9.06. The summed E-state index contributed by atoms with van der Waals surface area (Å²) < 4.78 is 19.3. The molecule has 0 N–H and O–H groups in total. The van der Waals surface area contributed by atoms with E-state index in [-0.39, 0.29) is 11.8 Å². The summed E-state index contributed by atoms with van der Waals surface area (Å²) in [7, 11) is 0. The van der Waals surface area contributed by atoms with Gasteiger partial charge in [-0.15, -0.1) is 0 Å². The number of carbonyl (C=O) groups is 2. The molecule has 2 aromatic rings. The molecule has 0 spiro atoms. The zero-order chi connectivity index (χ0) is 22.5. The molecule has 170 valence electrons. The summed E-state index contributed by atoms with van der Waals surface area (Å²) in [6, 6.07) is 13.3. The third-order valence-electron chi connectivity index (χ3n) is 6.63. The van der Waals surface area contributed by atoms with Crippen LogP contribution in [-0.4, -0.2) is 54.4 Å². The highest BCUT2D eigenvalue weighted by Gasteiger charge is 2.25. The van der Waals surface area contributed by atoms with E-state index < -0.39 is 5.82 Å². The van der Waals surface area contributed by atoms with Crippen LogP contribution in [0.5, 0.6) is 5.75 Å². The molecule has 0 aliphatic carbocycles.